The smallest absolute Gasteiger partial charge is 0.276 e. The number of hydrogen-bond acceptors (Lipinski definition) is 4. The van der Waals surface area contributed by atoms with Gasteiger partial charge in [-0.3, -0.25) is 14.9 Å². The molecule has 1 amide bonds. The third-order valence-corrected chi connectivity index (χ3v) is 4.80. The number of carbonyl (C=O) groups is 1. The summed E-state index contributed by atoms with van der Waals surface area (Å²) in [7, 11) is 0. The number of amides is 1. The fraction of sp³-hybridized carbons (Fsp3) is 0.200. The van der Waals surface area contributed by atoms with E-state index in [4.69, 9.17) is 0 Å². The number of nitrogens with one attached hydrogen (secondary N) is 1. The maximum Gasteiger partial charge on any atom is 0.276 e. The van der Waals surface area contributed by atoms with E-state index in [1.54, 1.807) is 16.8 Å². The molecule has 28 heavy (non-hydrogen) atoms. The number of anilines is 1. The highest BCUT2D eigenvalue weighted by Gasteiger charge is 2.25. The lowest BCUT2D eigenvalue weighted by Gasteiger charge is -2.14. The Morgan fingerprint density at radius 3 is 2.43 bits per heavy atom. The SMILES string of the molecule is O=C(Nc1ccc([N+](=O)[O-])cc1)c1nn(-c2ccc(F)cc2)c2c1CCCC2. The predicted octanol–water partition coefficient (Wildman–Crippen LogP) is 4.05. The van der Waals surface area contributed by atoms with Crippen LogP contribution in [0.1, 0.15) is 34.6 Å². The van der Waals surface area contributed by atoms with E-state index < -0.39 is 4.92 Å². The predicted molar refractivity (Wildman–Crippen MR) is 101 cm³/mol. The second kappa shape index (κ2) is 7.22. The van der Waals surface area contributed by atoms with Crippen LogP contribution in [0.25, 0.3) is 5.69 Å². The van der Waals surface area contributed by atoms with Gasteiger partial charge in [0.25, 0.3) is 11.6 Å². The molecule has 0 aliphatic heterocycles. The van der Waals surface area contributed by atoms with E-state index in [1.165, 1.54) is 36.4 Å². The highest BCUT2D eigenvalue weighted by Crippen LogP contribution is 2.28. The van der Waals surface area contributed by atoms with E-state index in [0.717, 1.165) is 36.9 Å². The molecule has 1 aliphatic carbocycles. The minimum absolute atomic E-state index is 0.0454. The quantitative estimate of drug-likeness (QED) is 0.546. The van der Waals surface area contributed by atoms with Crippen molar-refractivity contribution in [3.05, 3.63) is 81.4 Å². The van der Waals surface area contributed by atoms with Crippen molar-refractivity contribution in [2.45, 2.75) is 25.7 Å². The largest absolute Gasteiger partial charge is 0.321 e. The van der Waals surface area contributed by atoms with Crippen molar-refractivity contribution >= 4 is 17.3 Å². The fourth-order valence-corrected chi connectivity index (χ4v) is 3.43. The van der Waals surface area contributed by atoms with Crippen LogP contribution in [0.4, 0.5) is 15.8 Å². The number of carbonyl (C=O) groups excluding carboxylic acids is 1. The fourth-order valence-electron chi connectivity index (χ4n) is 3.43. The maximum atomic E-state index is 13.3. The van der Waals surface area contributed by atoms with Gasteiger partial charge in [-0.1, -0.05) is 0 Å². The van der Waals surface area contributed by atoms with Gasteiger partial charge in [0.15, 0.2) is 5.69 Å². The Bertz CT molecular complexity index is 1040. The summed E-state index contributed by atoms with van der Waals surface area (Å²) in [6, 6.07) is 11.6. The van der Waals surface area contributed by atoms with Gasteiger partial charge >= 0.3 is 0 Å². The normalized spacial score (nSPS) is 13.0. The van der Waals surface area contributed by atoms with Gasteiger partial charge in [-0.2, -0.15) is 5.10 Å². The van der Waals surface area contributed by atoms with Gasteiger partial charge in [0.2, 0.25) is 0 Å². The summed E-state index contributed by atoms with van der Waals surface area (Å²) in [5, 5.41) is 18.0. The lowest BCUT2D eigenvalue weighted by atomic mass is 9.95. The molecule has 0 unspecified atom stereocenters. The maximum absolute atomic E-state index is 13.3. The van der Waals surface area contributed by atoms with Crippen molar-refractivity contribution in [3.63, 3.8) is 0 Å². The van der Waals surface area contributed by atoms with Crippen molar-refractivity contribution in [1.29, 1.82) is 0 Å². The molecular formula is C20H17FN4O3. The summed E-state index contributed by atoms with van der Waals surface area (Å²) < 4.78 is 15.0. The Morgan fingerprint density at radius 1 is 1.07 bits per heavy atom. The van der Waals surface area contributed by atoms with Gasteiger partial charge in [-0.15, -0.1) is 0 Å². The van der Waals surface area contributed by atoms with Crippen LogP contribution in [0.3, 0.4) is 0 Å². The molecule has 7 nitrogen and oxygen atoms in total. The van der Waals surface area contributed by atoms with Crippen molar-refractivity contribution in [2.24, 2.45) is 0 Å². The van der Waals surface area contributed by atoms with E-state index in [2.05, 4.69) is 10.4 Å². The molecule has 0 fully saturated rings. The van der Waals surface area contributed by atoms with E-state index in [-0.39, 0.29) is 17.4 Å². The molecule has 3 aromatic rings. The van der Waals surface area contributed by atoms with E-state index >= 15 is 0 Å². The molecule has 0 bridgehead atoms. The first-order chi connectivity index (χ1) is 13.5. The van der Waals surface area contributed by atoms with Crippen LogP contribution in [0.5, 0.6) is 0 Å². The molecule has 1 N–H and O–H groups in total. The van der Waals surface area contributed by atoms with Crippen LogP contribution in [0.2, 0.25) is 0 Å². The van der Waals surface area contributed by atoms with Gasteiger partial charge in [0.1, 0.15) is 5.82 Å². The third kappa shape index (κ3) is 3.36. The Labute approximate surface area is 160 Å². The molecule has 0 atom stereocenters. The molecule has 4 rings (SSSR count). The molecule has 1 aliphatic rings. The van der Waals surface area contributed by atoms with Crippen LogP contribution < -0.4 is 5.32 Å². The topological polar surface area (TPSA) is 90.1 Å². The first-order valence-corrected chi connectivity index (χ1v) is 8.95. The molecule has 142 valence electrons. The lowest BCUT2D eigenvalue weighted by Crippen LogP contribution is -2.15. The second-order valence-electron chi connectivity index (χ2n) is 6.63. The summed E-state index contributed by atoms with van der Waals surface area (Å²) in [5.41, 5.74) is 3.31. The molecular weight excluding hydrogens is 363 g/mol. The zero-order valence-electron chi connectivity index (χ0n) is 14.9. The number of fused-ring (bicyclic) bond motifs is 1. The summed E-state index contributed by atoms with van der Waals surface area (Å²) in [4.78, 5) is 23.1. The monoisotopic (exact) mass is 380 g/mol. The number of hydrogen-bond donors (Lipinski definition) is 1. The molecule has 1 aromatic heterocycles. The molecule has 0 saturated carbocycles. The second-order valence-corrected chi connectivity index (χ2v) is 6.63. The number of rotatable bonds is 4. The summed E-state index contributed by atoms with van der Waals surface area (Å²) in [6.07, 6.45) is 3.52. The zero-order chi connectivity index (χ0) is 19.7. The van der Waals surface area contributed by atoms with Crippen molar-refractivity contribution in [3.8, 4) is 5.69 Å². The number of nitro groups is 1. The summed E-state index contributed by atoms with van der Waals surface area (Å²) >= 11 is 0. The standard InChI is InChI=1S/C20H17FN4O3/c21-13-5-9-15(10-6-13)24-18-4-2-1-3-17(18)19(23-24)20(26)22-14-7-11-16(12-8-14)25(27)28/h5-12H,1-4H2,(H,22,26). The first kappa shape index (κ1) is 17.8. The number of nitro benzene ring substituents is 1. The average molecular weight is 380 g/mol. The molecule has 2 aromatic carbocycles. The molecule has 8 heteroatoms. The van der Waals surface area contributed by atoms with E-state index in [9.17, 15) is 19.3 Å². The highest BCUT2D eigenvalue weighted by molar-refractivity contribution is 6.04. The van der Waals surface area contributed by atoms with Crippen LogP contribution in [-0.4, -0.2) is 20.6 Å². The summed E-state index contributed by atoms with van der Waals surface area (Å²) in [5.74, 6) is -0.700. The average Bonchev–Trinajstić information content (AvgIpc) is 3.09. The minimum Gasteiger partial charge on any atom is -0.321 e. The van der Waals surface area contributed by atoms with E-state index in [0.29, 0.717) is 17.1 Å². The number of aromatic nitrogens is 2. The van der Waals surface area contributed by atoms with Gasteiger partial charge in [-0.25, -0.2) is 9.07 Å². The number of halogens is 1. The van der Waals surface area contributed by atoms with Crippen LogP contribution in [0.15, 0.2) is 48.5 Å². The zero-order valence-corrected chi connectivity index (χ0v) is 14.9. The van der Waals surface area contributed by atoms with Gasteiger partial charge < -0.3 is 5.32 Å². The van der Waals surface area contributed by atoms with Crippen molar-refractivity contribution in [2.75, 3.05) is 5.32 Å². The van der Waals surface area contributed by atoms with Gasteiger partial charge in [-0.05, 0) is 62.1 Å². The third-order valence-electron chi connectivity index (χ3n) is 4.80. The molecule has 0 radical (unpaired) electrons. The number of nitrogens with zero attached hydrogens (tertiary/aromatic N) is 3. The van der Waals surface area contributed by atoms with Crippen LogP contribution >= 0.6 is 0 Å². The Hall–Kier alpha value is -3.55. The Morgan fingerprint density at radius 2 is 1.75 bits per heavy atom. The van der Waals surface area contributed by atoms with Crippen molar-refractivity contribution < 1.29 is 14.1 Å². The van der Waals surface area contributed by atoms with E-state index in [1.807, 2.05) is 0 Å². The summed E-state index contributed by atoms with van der Waals surface area (Å²) in [6.45, 7) is 0. The highest BCUT2D eigenvalue weighted by atomic mass is 19.1. The van der Waals surface area contributed by atoms with Crippen molar-refractivity contribution in [1.82, 2.24) is 9.78 Å². The molecule has 0 spiro atoms. The number of benzene rings is 2. The Balaban J connectivity index is 1.66. The number of non-ortho nitro benzene ring substituents is 1. The lowest BCUT2D eigenvalue weighted by molar-refractivity contribution is -0.384. The van der Waals surface area contributed by atoms with Crippen LogP contribution in [0, 0.1) is 15.9 Å². The van der Waals surface area contributed by atoms with Gasteiger partial charge in [0, 0.05) is 29.1 Å². The molecule has 0 saturated heterocycles. The van der Waals surface area contributed by atoms with Gasteiger partial charge in [0.05, 0.1) is 10.6 Å². The molecule has 1 heterocycles. The Kier molecular flexibility index (Phi) is 4.60. The first-order valence-electron chi connectivity index (χ1n) is 8.95. The minimum atomic E-state index is -0.494. The van der Waals surface area contributed by atoms with Crippen LogP contribution in [-0.2, 0) is 12.8 Å².